The maximum absolute atomic E-state index is 12.4. The molecule has 0 radical (unpaired) electrons. The minimum absolute atomic E-state index is 0.00266. The van der Waals surface area contributed by atoms with Crippen LogP contribution < -0.4 is 0 Å². The van der Waals surface area contributed by atoms with Gasteiger partial charge >= 0.3 is 0 Å². The van der Waals surface area contributed by atoms with E-state index in [-0.39, 0.29) is 29.3 Å². The lowest BCUT2D eigenvalue weighted by Crippen LogP contribution is -2.51. The predicted molar refractivity (Wildman–Crippen MR) is 74.8 cm³/mol. The van der Waals surface area contributed by atoms with E-state index in [1.807, 2.05) is 0 Å². The minimum atomic E-state index is -0.217. The lowest BCUT2D eigenvalue weighted by atomic mass is 9.75. The van der Waals surface area contributed by atoms with Crippen LogP contribution in [0.2, 0.25) is 0 Å². The third-order valence-corrected chi connectivity index (χ3v) is 5.81. The molecular formula is C16H25NO3. The lowest BCUT2D eigenvalue weighted by molar-refractivity contribution is -0.155. The number of amides is 2. The van der Waals surface area contributed by atoms with Gasteiger partial charge < -0.3 is 5.11 Å². The molecule has 3 fully saturated rings. The monoisotopic (exact) mass is 279 g/mol. The quantitative estimate of drug-likeness (QED) is 0.806. The summed E-state index contributed by atoms with van der Waals surface area (Å²) in [6.07, 6.45) is 9.52. The molecule has 1 saturated heterocycles. The normalized spacial score (nSPS) is 28.6. The van der Waals surface area contributed by atoms with E-state index in [0.29, 0.717) is 19.4 Å². The highest BCUT2D eigenvalue weighted by Crippen LogP contribution is 2.48. The molecule has 4 nitrogen and oxygen atoms in total. The number of likely N-dealkylation sites (tertiary alicyclic amines) is 1. The Morgan fingerprint density at radius 3 is 1.90 bits per heavy atom. The van der Waals surface area contributed by atoms with Gasteiger partial charge in [-0.15, -0.1) is 0 Å². The highest BCUT2D eigenvalue weighted by molar-refractivity contribution is 5.98. The standard InChI is InChI=1S/C16H25NO3/c18-12-16(7-3-4-8-16)11-17-13(19)9-15(10-14(17)20)5-1-2-6-15/h18H,1-12H2. The van der Waals surface area contributed by atoms with Crippen molar-refractivity contribution in [1.82, 2.24) is 4.90 Å². The fourth-order valence-corrected chi connectivity index (χ4v) is 4.52. The molecule has 1 aliphatic heterocycles. The van der Waals surface area contributed by atoms with Crippen LogP contribution in [0.4, 0.5) is 0 Å². The molecule has 2 amide bonds. The molecule has 0 atom stereocenters. The second-order valence-corrected chi connectivity index (χ2v) is 7.30. The van der Waals surface area contributed by atoms with E-state index in [1.54, 1.807) is 0 Å². The van der Waals surface area contributed by atoms with Gasteiger partial charge in [0, 0.05) is 24.8 Å². The van der Waals surface area contributed by atoms with Crippen molar-refractivity contribution < 1.29 is 14.7 Å². The predicted octanol–water partition coefficient (Wildman–Crippen LogP) is 2.25. The number of piperidine rings is 1. The van der Waals surface area contributed by atoms with Crippen molar-refractivity contribution in [2.24, 2.45) is 10.8 Å². The fraction of sp³-hybridized carbons (Fsp3) is 0.875. The van der Waals surface area contributed by atoms with Crippen molar-refractivity contribution in [2.75, 3.05) is 13.2 Å². The zero-order valence-electron chi connectivity index (χ0n) is 12.2. The highest BCUT2D eigenvalue weighted by atomic mass is 16.3. The van der Waals surface area contributed by atoms with E-state index in [4.69, 9.17) is 0 Å². The summed E-state index contributed by atoms with van der Waals surface area (Å²) in [6, 6.07) is 0. The Balaban J connectivity index is 1.71. The Bertz CT molecular complexity index is 386. The molecule has 0 aromatic rings. The van der Waals surface area contributed by atoms with Crippen LogP contribution in [0.15, 0.2) is 0 Å². The summed E-state index contributed by atoms with van der Waals surface area (Å²) in [5.74, 6) is 0.00532. The molecule has 3 rings (SSSR count). The van der Waals surface area contributed by atoms with Crippen molar-refractivity contribution in [3.05, 3.63) is 0 Å². The first-order chi connectivity index (χ1) is 9.58. The summed E-state index contributed by atoms with van der Waals surface area (Å²) in [6.45, 7) is 0.534. The number of nitrogens with zero attached hydrogens (tertiary/aromatic N) is 1. The molecule has 112 valence electrons. The molecule has 2 saturated carbocycles. The number of aliphatic hydroxyl groups is 1. The van der Waals surface area contributed by atoms with Gasteiger partial charge in [0.05, 0.1) is 6.61 Å². The summed E-state index contributed by atoms with van der Waals surface area (Å²) >= 11 is 0. The van der Waals surface area contributed by atoms with Gasteiger partial charge in [0.25, 0.3) is 0 Å². The molecule has 4 heteroatoms. The van der Waals surface area contributed by atoms with Gasteiger partial charge in [0.2, 0.25) is 11.8 Å². The Hall–Kier alpha value is -0.900. The average Bonchev–Trinajstić information content (AvgIpc) is 3.05. The fourth-order valence-electron chi connectivity index (χ4n) is 4.52. The third-order valence-electron chi connectivity index (χ3n) is 5.81. The van der Waals surface area contributed by atoms with Gasteiger partial charge in [-0.25, -0.2) is 0 Å². The van der Waals surface area contributed by atoms with Crippen molar-refractivity contribution in [1.29, 1.82) is 0 Å². The number of imide groups is 1. The van der Waals surface area contributed by atoms with E-state index < -0.39 is 0 Å². The third kappa shape index (κ3) is 2.39. The minimum Gasteiger partial charge on any atom is -0.396 e. The molecule has 1 spiro atoms. The van der Waals surface area contributed by atoms with Crippen molar-refractivity contribution in [3.8, 4) is 0 Å². The number of carbonyl (C=O) groups is 2. The van der Waals surface area contributed by atoms with Gasteiger partial charge in [0.15, 0.2) is 0 Å². The number of aliphatic hydroxyl groups excluding tert-OH is 1. The van der Waals surface area contributed by atoms with Crippen LogP contribution in [0.3, 0.4) is 0 Å². The van der Waals surface area contributed by atoms with Crippen LogP contribution >= 0.6 is 0 Å². The van der Waals surface area contributed by atoms with Crippen LogP contribution in [0.25, 0.3) is 0 Å². The summed E-state index contributed by atoms with van der Waals surface area (Å²) in [4.78, 5) is 26.3. The maximum atomic E-state index is 12.4. The van der Waals surface area contributed by atoms with Crippen molar-refractivity contribution in [2.45, 2.75) is 64.2 Å². The van der Waals surface area contributed by atoms with E-state index in [2.05, 4.69) is 0 Å². The van der Waals surface area contributed by atoms with E-state index in [0.717, 1.165) is 51.4 Å². The van der Waals surface area contributed by atoms with Crippen molar-refractivity contribution >= 4 is 11.8 Å². The molecule has 3 aliphatic rings. The van der Waals surface area contributed by atoms with Crippen LogP contribution in [0.1, 0.15) is 64.2 Å². The Morgan fingerprint density at radius 1 is 0.900 bits per heavy atom. The topological polar surface area (TPSA) is 57.6 Å². The van der Waals surface area contributed by atoms with Crippen LogP contribution in [-0.2, 0) is 9.59 Å². The summed E-state index contributed by atoms with van der Waals surface area (Å²) in [5.41, 5.74) is -0.238. The Kier molecular flexibility index (Phi) is 3.61. The molecule has 0 aromatic heterocycles. The molecule has 0 bridgehead atoms. The highest BCUT2D eigenvalue weighted by Gasteiger charge is 2.47. The zero-order chi connectivity index (χ0) is 14.2. The van der Waals surface area contributed by atoms with E-state index in [1.165, 1.54) is 4.90 Å². The molecular weight excluding hydrogens is 254 g/mol. The first-order valence-corrected chi connectivity index (χ1v) is 8.02. The lowest BCUT2D eigenvalue weighted by Gasteiger charge is -2.40. The van der Waals surface area contributed by atoms with Gasteiger partial charge in [-0.1, -0.05) is 25.7 Å². The second-order valence-electron chi connectivity index (χ2n) is 7.30. The van der Waals surface area contributed by atoms with Gasteiger partial charge in [-0.05, 0) is 31.1 Å². The summed E-state index contributed by atoms with van der Waals surface area (Å²) in [7, 11) is 0. The Morgan fingerprint density at radius 2 is 1.40 bits per heavy atom. The molecule has 1 N–H and O–H groups in total. The van der Waals surface area contributed by atoms with Gasteiger partial charge in [-0.2, -0.15) is 0 Å². The molecule has 20 heavy (non-hydrogen) atoms. The molecule has 2 aliphatic carbocycles. The number of hydrogen-bond donors (Lipinski definition) is 1. The largest absolute Gasteiger partial charge is 0.396 e. The van der Waals surface area contributed by atoms with Gasteiger partial charge in [-0.3, -0.25) is 14.5 Å². The maximum Gasteiger partial charge on any atom is 0.229 e. The second kappa shape index (κ2) is 5.14. The van der Waals surface area contributed by atoms with Crippen LogP contribution in [-0.4, -0.2) is 35.0 Å². The van der Waals surface area contributed by atoms with E-state index >= 15 is 0 Å². The SMILES string of the molecule is O=C1CC2(CCCC2)CC(=O)N1CC1(CO)CCCC1. The average molecular weight is 279 g/mol. The van der Waals surface area contributed by atoms with Crippen molar-refractivity contribution in [3.63, 3.8) is 0 Å². The Labute approximate surface area is 120 Å². The van der Waals surface area contributed by atoms with Gasteiger partial charge in [0.1, 0.15) is 0 Å². The number of hydrogen-bond acceptors (Lipinski definition) is 3. The van der Waals surface area contributed by atoms with Crippen LogP contribution in [0, 0.1) is 10.8 Å². The van der Waals surface area contributed by atoms with Crippen LogP contribution in [0.5, 0.6) is 0 Å². The number of carbonyl (C=O) groups excluding carboxylic acids is 2. The zero-order valence-corrected chi connectivity index (χ0v) is 12.2. The first kappa shape index (κ1) is 14.1. The molecule has 1 heterocycles. The smallest absolute Gasteiger partial charge is 0.229 e. The summed E-state index contributed by atoms with van der Waals surface area (Å²) < 4.78 is 0. The van der Waals surface area contributed by atoms with E-state index in [9.17, 15) is 14.7 Å². The first-order valence-electron chi connectivity index (χ1n) is 8.02. The summed E-state index contributed by atoms with van der Waals surface area (Å²) in [5, 5.41) is 9.68. The molecule has 0 unspecified atom stereocenters. The number of rotatable bonds is 3. The molecule has 0 aromatic carbocycles.